The molecule has 0 aromatic rings. The zero-order chi connectivity index (χ0) is 13.3. The maximum atomic E-state index is 8.65. The predicted octanol–water partition coefficient (Wildman–Crippen LogP) is 4.27. The van der Waals surface area contributed by atoms with Crippen molar-refractivity contribution in [2.75, 3.05) is 19.7 Å². The lowest BCUT2D eigenvalue weighted by Crippen LogP contribution is -2.16. The third-order valence-corrected chi connectivity index (χ3v) is 3.47. The molecule has 2 heteroatoms. The van der Waals surface area contributed by atoms with Crippen LogP contribution in [-0.2, 0) is 0 Å². The van der Waals surface area contributed by atoms with Crippen LogP contribution in [0.5, 0.6) is 0 Å². The van der Waals surface area contributed by atoms with E-state index < -0.39 is 0 Å². The average molecular weight is 257 g/mol. The Morgan fingerprint density at radius 3 is 1.56 bits per heavy atom. The van der Waals surface area contributed by atoms with Gasteiger partial charge >= 0.3 is 0 Å². The van der Waals surface area contributed by atoms with Crippen molar-refractivity contribution in [3.05, 3.63) is 0 Å². The molecule has 0 aromatic heterocycles. The van der Waals surface area contributed by atoms with Crippen molar-refractivity contribution in [3.8, 4) is 0 Å². The van der Waals surface area contributed by atoms with Gasteiger partial charge in [-0.15, -0.1) is 0 Å². The van der Waals surface area contributed by atoms with Crippen molar-refractivity contribution in [2.45, 2.75) is 84.0 Å². The van der Waals surface area contributed by atoms with Gasteiger partial charge in [-0.3, -0.25) is 0 Å². The Morgan fingerprint density at radius 2 is 1.06 bits per heavy atom. The van der Waals surface area contributed by atoms with Gasteiger partial charge in [-0.2, -0.15) is 0 Å². The van der Waals surface area contributed by atoms with Gasteiger partial charge in [0.25, 0.3) is 0 Å². The van der Waals surface area contributed by atoms with E-state index in [2.05, 4.69) is 12.2 Å². The molecule has 0 aliphatic carbocycles. The Labute approximate surface area is 115 Å². The van der Waals surface area contributed by atoms with Gasteiger partial charge in [-0.1, -0.05) is 64.7 Å². The third-order valence-electron chi connectivity index (χ3n) is 3.47. The van der Waals surface area contributed by atoms with Crippen LogP contribution in [-0.4, -0.2) is 24.8 Å². The van der Waals surface area contributed by atoms with Crippen molar-refractivity contribution in [1.82, 2.24) is 5.32 Å². The number of aliphatic hydroxyl groups excluding tert-OH is 1. The van der Waals surface area contributed by atoms with Crippen LogP contribution in [0.1, 0.15) is 84.0 Å². The quantitative estimate of drug-likeness (QED) is 0.429. The highest BCUT2D eigenvalue weighted by Gasteiger charge is 1.93. The summed E-state index contributed by atoms with van der Waals surface area (Å²) in [6.45, 7) is 5.02. The summed E-state index contributed by atoms with van der Waals surface area (Å²) in [6, 6.07) is 0. The minimum atomic E-state index is 0.367. The van der Waals surface area contributed by atoms with Crippen LogP contribution in [0.2, 0.25) is 0 Å². The fourth-order valence-electron chi connectivity index (χ4n) is 2.20. The van der Waals surface area contributed by atoms with E-state index in [-0.39, 0.29) is 0 Å². The lowest BCUT2D eigenvalue weighted by atomic mass is 10.1. The standard InChI is InChI=1S/C16H35NO/c1-2-3-14-17-15-12-10-8-6-4-5-7-9-11-13-16-18/h17-18H,2-16H2,1H3. The number of nitrogens with one attached hydrogen (secondary N) is 1. The molecule has 0 amide bonds. The first-order chi connectivity index (χ1) is 8.91. The van der Waals surface area contributed by atoms with Crippen molar-refractivity contribution in [3.63, 3.8) is 0 Å². The number of rotatable bonds is 15. The van der Waals surface area contributed by atoms with Gasteiger partial charge in [-0.05, 0) is 32.4 Å². The van der Waals surface area contributed by atoms with Crippen LogP contribution in [0.4, 0.5) is 0 Å². The second-order valence-electron chi connectivity index (χ2n) is 5.36. The molecule has 0 aromatic carbocycles. The van der Waals surface area contributed by atoms with Gasteiger partial charge in [0.15, 0.2) is 0 Å². The molecular weight excluding hydrogens is 222 g/mol. The Balaban J connectivity index is 2.86. The smallest absolute Gasteiger partial charge is 0.0431 e. The van der Waals surface area contributed by atoms with Crippen LogP contribution in [0, 0.1) is 0 Å². The number of hydrogen-bond donors (Lipinski definition) is 2. The largest absolute Gasteiger partial charge is 0.396 e. The minimum Gasteiger partial charge on any atom is -0.396 e. The maximum absolute atomic E-state index is 8.65. The minimum absolute atomic E-state index is 0.367. The predicted molar refractivity (Wildman–Crippen MR) is 81.0 cm³/mol. The highest BCUT2D eigenvalue weighted by molar-refractivity contribution is 4.50. The van der Waals surface area contributed by atoms with Crippen LogP contribution in [0.3, 0.4) is 0 Å². The Hall–Kier alpha value is -0.0800. The molecule has 0 aliphatic rings. The first-order valence-corrected chi connectivity index (χ1v) is 8.23. The summed E-state index contributed by atoms with van der Waals surface area (Å²) in [5.74, 6) is 0. The summed E-state index contributed by atoms with van der Waals surface area (Å²) in [7, 11) is 0. The van der Waals surface area contributed by atoms with Crippen LogP contribution in [0.15, 0.2) is 0 Å². The molecule has 2 nitrogen and oxygen atoms in total. The number of unbranched alkanes of at least 4 members (excludes halogenated alkanes) is 10. The van der Waals surface area contributed by atoms with Gasteiger partial charge in [-0.25, -0.2) is 0 Å². The highest BCUT2D eigenvalue weighted by atomic mass is 16.2. The summed E-state index contributed by atoms with van der Waals surface area (Å²) < 4.78 is 0. The van der Waals surface area contributed by atoms with Gasteiger partial charge < -0.3 is 10.4 Å². The molecule has 0 spiro atoms. The summed E-state index contributed by atoms with van der Waals surface area (Å²) >= 11 is 0. The van der Waals surface area contributed by atoms with Gasteiger partial charge in [0.05, 0.1) is 0 Å². The molecule has 0 heterocycles. The number of hydrogen-bond acceptors (Lipinski definition) is 2. The Morgan fingerprint density at radius 1 is 0.611 bits per heavy atom. The molecule has 0 aliphatic heterocycles. The van der Waals surface area contributed by atoms with E-state index in [0.717, 1.165) is 6.42 Å². The summed E-state index contributed by atoms with van der Waals surface area (Å²) in [4.78, 5) is 0. The summed E-state index contributed by atoms with van der Waals surface area (Å²) in [5, 5.41) is 12.1. The van der Waals surface area contributed by atoms with Crippen LogP contribution in [0.25, 0.3) is 0 Å². The van der Waals surface area contributed by atoms with Crippen molar-refractivity contribution >= 4 is 0 Å². The van der Waals surface area contributed by atoms with Crippen molar-refractivity contribution < 1.29 is 5.11 Å². The summed E-state index contributed by atoms with van der Waals surface area (Å²) in [6.07, 6.45) is 15.8. The lowest BCUT2D eigenvalue weighted by molar-refractivity contribution is 0.282. The molecule has 0 bridgehead atoms. The Bertz CT molecular complexity index is 123. The molecule has 18 heavy (non-hydrogen) atoms. The molecule has 0 saturated heterocycles. The first kappa shape index (κ1) is 17.9. The van der Waals surface area contributed by atoms with E-state index in [1.807, 2.05) is 0 Å². The first-order valence-electron chi connectivity index (χ1n) is 8.23. The second-order valence-corrected chi connectivity index (χ2v) is 5.36. The van der Waals surface area contributed by atoms with E-state index >= 15 is 0 Å². The van der Waals surface area contributed by atoms with E-state index in [4.69, 9.17) is 5.11 Å². The highest BCUT2D eigenvalue weighted by Crippen LogP contribution is 2.10. The second kappa shape index (κ2) is 16.9. The molecule has 0 rings (SSSR count). The fraction of sp³-hybridized carbons (Fsp3) is 1.00. The van der Waals surface area contributed by atoms with Gasteiger partial charge in [0, 0.05) is 6.61 Å². The summed E-state index contributed by atoms with van der Waals surface area (Å²) in [5.41, 5.74) is 0. The van der Waals surface area contributed by atoms with Gasteiger partial charge in [0.1, 0.15) is 0 Å². The fourth-order valence-corrected chi connectivity index (χ4v) is 2.20. The molecule has 0 saturated carbocycles. The molecule has 0 atom stereocenters. The molecule has 0 fully saturated rings. The van der Waals surface area contributed by atoms with Crippen molar-refractivity contribution in [2.24, 2.45) is 0 Å². The SMILES string of the molecule is CCCCNCCCCCCCCCCCCO. The monoisotopic (exact) mass is 257 g/mol. The van der Waals surface area contributed by atoms with E-state index in [1.54, 1.807) is 0 Å². The molecule has 110 valence electrons. The maximum Gasteiger partial charge on any atom is 0.0431 e. The van der Waals surface area contributed by atoms with Crippen LogP contribution < -0.4 is 5.32 Å². The van der Waals surface area contributed by atoms with E-state index in [0.29, 0.717) is 6.61 Å². The topological polar surface area (TPSA) is 32.3 Å². The van der Waals surface area contributed by atoms with E-state index in [1.165, 1.54) is 83.7 Å². The molecule has 0 unspecified atom stereocenters. The van der Waals surface area contributed by atoms with Crippen molar-refractivity contribution in [1.29, 1.82) is 0 Å². The Kier molecular flexibility index (Phi) is 16.8. The van der Waals surface area contributed by atoms with E-state index in [9.17, 15) is 0 Å². The number of aliphatic hydroxyl groups is 1. The molecular formula is C16H35NO. The van der Waals surface area contributed by atoms with Gasteiger partial charge in [0.2, 0.25) is 0 Å². The molecule has 0 radical (unpaired) electrons. The zero-order valence-electron chi connectivity index (χ0n) is 12.6. The third kappa shape index (κ3) is 15.9. The van der Waals surface area contributed by atoms with Crippen LogP contribution >= 0.6 is 0 Å². The zero-order valence-corrected chi connectivity index (χ0v) is 12.6. The lowest BCUT2D eigenvalue weighted by Gasteiger charge is -2.04. The normalized spacial score (nSPS) is 11.0. The molecule has 2 N–H and O–H groups in total. The average Bonchev–Trinajstić information content (AvgIpc) is 2.39.